The van der Waals surface area contributed by atoms with Gasteiger partial charge in [0.15, 0.2) is 11.5 Å². The van der Waals surface area contributed by atoms with Gasteiger partial charge in [-0.1, -0.05) is 0 Å². The molecule has 0 aromatic heterocycles. The number of hydrogen-bond acceptors (Lipinski definition) is 6. The summed E-state index contributed by atoms with van der Waals surface area (Å²) in [6.07, 6.45) is 0. The first kappa shape index (κ1) is 20.0. The zero-order valence-electron chi connectivity index (χ0n) is 16.0. The highest BCUT2D eigenvalue weighted by Gasteiger charge is 2.20. The lowest BCUT2D eigenvalue weighted by Gasteiger charge is -2.20. The van der Waals surface area contributed by atoms with Gasteiger partial charge >= 0.3 is 0 Å². The lowest BCUT2D eigenvalue weighted by Crippen LogP contribution is -2.26. The Labute approximate surface area is 157 Å². The van der Waals surface area contributed by atoms with Gasteiger partial charge < -0.3 is 19.7 Å². The van der Waals surface area contributed by atoms with Gasteiger partial charge in [-0.15, -0.1) is 0 Å². The number of nitrogens with zero attached hydrogens (tertiary/aromatic N) is 2. The van der Waals surface area contributed by atoms with Crippen molar-refractivity contribution in [3.63, 3.8) is 0 Å². The second kappa shape index (κ2) is 8.39. The molecule has 144 valence electrons. The van der Waals surface area contributed by atoms with E-state index in [2.05, 4.69) is 5.32 Å². The summed E-state index contributed by atoms with van der Waals surface area (Å²) in [6.45, 7) is 2.24. The highest BCUT2D eigenvalue weighted by Crippen LogP contribution is 2.31. The van der Waals surface area contributed by atoms with E-state index in [1.807, 2.05) is 19.1 Å². The van der Waals surface area contributed by atoms with E-state index in [9.17, 15) is 14.9 Å². The van der Waals surface area contributed by atoms with Gasteiger partial charge in [0.05, 0.1) is 19.1 Å². The Morgan fingerprint density at radius 2 is 1.81 bits per heavy atom. The molecule has 0 saturated carbocycles. The first-order valence-corrected chi connectivity index (χ1v) is 8.25. The Hall–Kier alpha value is -3.29. The number of hydrogen-bond donors (Lipinski definition) is 1. The molecule has 0 heterocycles. The minimum atomic E-state index is -0.513. The van der Waals surface area contributed by atoms with Gasteiger partial charge in [-0.25, -0.2) is 0 Å². The number of carbonyl (C=O) groups is 1. The standard InChI is InChI=1S/C19H23N3O5/c1-12-8-17(26-4)18(27-5)10-14(12)11-21(3)19(23)13-6-7-15(20-2)16(9-13)22(24)25/h6-10,20H,11H2,1-5H3. The van der Waals surface area contributed by atoms with Gasteiger partial charge in [0.1, 0.15) is 5.69 Å². The van der Waals surface area contributed by atoms with E-state index in [1.54, 1.807) is 34.4 Å². The van der Waals surface area contributed by atoms with Gasteiger partial charge in [0.2, 0.25) is 0 Å². The van der Waals surface area contributed by atoms with Gasteiger partial charge in [0, 0.05) is 32.3 Å². The Kier molecular flexibility index (Phi) is 6.23. The largest absolute Gasteiger partial charge is 0.493 e. The van der Waals surface area contributed by atoms with Crippen LogP contribution in [0, 0.1) is 17.0 Å². The number of nitrogens with one attached hydrogen (secondary N) is 1. The SMILES string of the molecule is CNc1ccc(C(=O)N(C)Cc2cc(OC)c(OC)cc2C)cc1[N+](=O)[O-]. The first-order chi connectivity index (χ1) is 12.8. The summed E-state index contributed by atoms with van der Waals surface area (Å²) < 4.78 is 10.6. The number of carbonyl (C=O) groups excluding carboxylic acids is 1. The van der Waals surface area contributed by atoms with Crippen LogP contribution in [-0.2, 0) is 6.54 Å². The quantitative estimate of drug-likeness (QED) is 0.591. The number of ether oxygens (including phenoxy) is 2. The number of methoxy groups -OCH3 is 2. The molecule has 1 N–H and O–H groups in total. The maximum atomic E-state index is 12.7. The lowest BCUT2D eigenvalue weighted by atomic mass is 10.1. The van der Waals surface area contributed by atoms with Crippen molar-refractivity contribution >= 4 is 17.3 Å². The average Bonchev–Trinajstić information content (AvgIpc) is 2.67. The molecule has 2 aromatic rings. The maximum absolute atomic E-state index is 12.7. The van der Waals surface area contributed by atoms with Gasteiger partial charge in [-0.3, -0.25) is 14.9 Å². The molecule has 0 fully saturated rings. The minimum absolute atomic E-state index is 0.140. The highest BCUT2D eigenvalue weighted by molar-refractivity contribution is 5.95. The summed E-state index contributed by atoms with van der Waals surface area (Å²) in [4.78, 5) is 24.9. The topological polar surface area (TPSA) is 93.9 Å². The van der Waals surface area contributed by atoms with E-state index < -0.39 is 4.92 Å². The van der Waals surface area contributed by atoms with Crippen LogP contribution < -0.4 is 14.8 Å². The maximum Gasteiger partial charge on any atom is 0.293 e. The average molecular weight is 373 g/mol. The Morgan fingerprint density at radius 3 is 2.37 bits per heavy atom. The summed E-state index contributed by atoms with van der Waals surface area (Å²) in [7, 11) is 6.36. The smallest absolute Gasteiger partial charge is 0.293 e. The van der Waals surface area contributed by atoms with Crippen LogP contribution in [0.15, 0.2) is 30.3 Å². The first-order valence-electron chi connectivity index (χ1n) is 8.25. The zero-order valence-corrected chi connectivity index (χ0v) is 16.0. The van der Waals surface area contributed by atoms with Crippen LogP contribution in [0.4, 0.5) is 11.4 Å². The van der Waals surface area contributed by atoms with Crippen molar-refractivity contribution in [2.45, 2.75) is 13.5 Å². The molecule has 0 aliphatic rings. The third-order valence-electron chi connectivity index (χ3n) is 4.31. The molecule has 0 bridgehead atoms. The van der Waals surface area contributed by atoms with Crippen LogP contribution in [0.1, 0.15) is 21.5 Å². The van der Waals surface area contributed by atoms with Crippen molar-refractivity contribution in [1.82, 2.24) is 4.90 Å². The molecule has 2 aromatic carbocycles. The van der Waals surface area contributed by atoms with Gasteiger partial charge in [-0.2, -0.15) is 0 Å². The molecule has 27 heavy (non-hydrogen) atoms. The van der Waals surface area contributed by atoms with Crippen LogP contribution in [0.5, 0.6) is 11.5 Å². The number of benzene rings is 2. The second-order valence-electron chi connectivity index (χ2n) is 6.03. The molecule has 0 aliphatic carbocycles. The summed E-state index contributed by atoms with van der Waals surface area (Å²) >= 11 is 0. The monoisotopic (exact) mass is 373 g/mol. The molecule has 0 aliphatic heterocycles. The normalized spacial score (nSPS) is 10.3. The molecule has 0 atom stereocenters. The molecule has 8 heteroatoms. The van der Waals surface area contributed by atoms with Crippen molar-refractivity contribution in [1.29, 1.82) is 0 Å². The lowest BCUT2D eigenvalue weighted by molar-refractivity contribution is -0.384. The Bertz CT molecular complexity index is 867. The Morgan fingerprint density at radius 1 is 1.19 bits per heavy atom. The zero-order chi connectivity index (χ0) is 20.1. The van der Waals surface area contributed by atoms with E-state index in [1.165, 1.54) is 17.0 Å². The fourth-order valence-electron chi connectivity index (χ4n) is 2.77. The van der Waals surface area contributed by atoms with Crippen molar-refractivity contribution < 1.29 is 19.2 Å². The number of nitro benzene ring substituents is 1. The summed E-state index contributed by atoms with van der Waals surface area (Å²) in [6, 6.07) is 8.05. The van der Waals surface area contributed by atoms with Crippen molar-refractivity contribution in [3.8, 4) is 11.5 Å². The third-order valence-corrected chi connectivity index (χ3v) is 4.31. The minimum Gasteiger partial charge on any atom is -0.493 e. The number of nitro groups is 1. The summed E-state index contributed by atoms with van der Waals surface area (Å²) in [5, 5.41) is 14.0. The van der Waals surface area contributed by atoms with E-state index in [4.69, 9.17) is 9.47 Å². The van der Waals surface area contributed by atoms with E-state index in [0.29, 0.717) is 23.7 Å². The third kappa shape index (κ3) is 4.28. The number of amides is 1. The van der Waals surface area contributed by atoms with Crippen LogP contribution in [0.25, 0.3) is 0 Å². The second-order valence-corrected chi connectivity index (χ2v) is 6.03. The molecular weight excluding hydrogens is 350 g/mol. The molecule has 0 spiro atoms. The number of rotatable bonds is 7. The fraction of sp³-hybridized carbons (Fsp3) is 0.316. The summed E-state index contributed by atoms with van der Waals surface area (Å²) in [5.74, 6) is 0.883. The van der Waals surface area contributed by atoms with Crippen molar-refractivity contribution in [2.75, 3.05) is 33.6 Å². The number of aryl methyl sites for hydroxylation is 1. The fourth-order valence-corrected chi connectivity index (χ4v) is 2.77. The summed E-state index contributed by atoms with van der Waals surface area (Å²) in [5.41, 5.74) is 2.31. The molecule has 8 nitrogen and oxygen atoms in total. The van der Waals surface area contributed by atoms with E-state index >= 15 is 0 Å². The van der Waals surface area contributed by atoms with Gasteiger partial charge in [0.25, 0.3) is 11.6 Å². The molecule has 1 amide bonds. The molecule has 0 unspecified atom stereocenters. The van der Waals surface area contributed by atoms with Crippen LogP contribution in [0.2, 0.25) is 0 Å². The Balaban J connectivity index is 2.28. The van der Waals surface area contributed by atoms with Crippen LogP contribution >= 0.6 is 0 Å². The predicted octanol–water partition coefficient (Wildman–Crippen LogP) is 3.23. The molecule has 0 radical (unpaired) electrons. The number of anilines is 1. The van der Waals surface area contributed by atoms with Crippen molar-refractivity contribution in [3.05, 3.63) is 57.1 Å². The van der Waals surface area contributed by atoms with Crippen LogP contribution in [-0.4, -0.2) is 44.0 Å². The predicted molar refractivity (Wildman–Crippen MR) is 103 cm³/mol. The van der Waals surface area contributed by atoms with Crippen LogP contribution in [0.3, 0.4) is 0 Å². The van der Waals surface area contributed by atoms with E-state index in [0.717, 1.165) is 11.1 Å². The van der Waals surface area contributed by atoms with E-state index in [-0.39, 0.29) is 17.2 Å². The molecule has 2 rings (SSSR count). The molecule has 0 saturated heterocycles. The highest BCUT2D eigenvalue weighted by atomic mass is 16.6. The van der Waals surface area contributed by atoms with Crippen molar-refractivity contribution in [2.24, 2.45) is 0 Å². The van der Waals surface area contributed by atoms with Gasteiger partial charge in [-0.05, 0) is 42.3 Å². The molecular formula is C19H23N3O5.